The Hall–Kier alpha value is -3.06. The summed E-state index contributed by atoms with van der Waals surface area (Å²) >= 11 is 1.54. The number of nitrogens with zero attached hydrogens (tertiary/aromatic N) is 1. The summed E-state index contributed by atoms with van der Waals surface area (Å²) in [6.45, 7) is 0. The number of benzene rings is 2. The van der Waals surface area contributed by atoms with E-state index in [1.165, 1.54) is 0 Å². The van der Waals surface area contributed by atoms with Crippen molar-refractivity contribution in [3.05, 3.63) is 72.1 Å². The van der Waals surface area contributed by atoms with Gasteiger partial charge in [0.25, 0.3) is 0 Å². The third kappa shape index (κ3) is 4.26. The first-order valence-corrected chi connectivity index (χ1v) is 9.95. The SMILES string of the molecule is O=C(Nc1ccccc1Sc1ccccc1)C(=O)NC1CCc2[nH]ncc2C1. The molecule has 0 aliphatic heterocycles. The molecule has 0 bridgehead atoms. The average molecular weight is 392 g/mol. The van der Waals surface area contributed by atoms with Crippen molar-refractivity contribution in [2.24, 2.45) is 0 Å². The summed E-state index contributed by atoms with van der Waals surface area (Å²) in [4.78, 5) is 26.8. The lowest BCUT2D eigenvalue weighted by atomic mass is 9.93. The molecule has 1 aromatic heterocycles. The standard InChI is InChI=1S/C21H20N4O2S/c26-20(23-15-10-11-17-14(12-15)13-22-25-17)21(27)24-18-8-4-5-9-19(18)28-16-6-2-1-3-7-16/h1-9,13,15H,10-12H2,(H,22,25)(H,23,26)(H,24,27). The minimum Gasteiger partial charge on any atom is -0.345 e. The Balaban J connectivity index is 1.39. The number of anilines is 1. The van der Waals surface area contributed by atoms with Crippen LogP contribution >= 0.6 is 11.8 Å². The largest absolute Gasteiger partial charge is 0.345 e. The number of aromatic amines is 1. The smallest absolute Gasteiger partial charge is 0.313 e. The zero-order valence-corrected chi connectivity index (χ0v) is 16.0. The second-order valence-electron chi connectivity index (χ2n) is 6.65. The first-order valence-electron chi connectivity index (χ1n) is 9.14. The number of carbonyl (C=O) groups excluding carboxylic acids is 2. The molecule has 1 aliphatic rings. The number of aromatic nitrogens is 2. The lowest BCUT2D eigenvalue weighted by molar-refractivity contribution is -0.136. The maximum Gasteiger partial charge on any atom is 0.313 e. The Morgan fingerprint density at radius 1 is 1.04 bits per heavy atom. The fraction of sp³-hybridized carbons (Fsp3) is 0.190. The van der Waals surface area contributed by atoms with Crippen LogP contribution in [0.15, 0.2) is 70.6 Å². The van der Waals surface area contributed by atoms with E-state index in [9.17, 15) is 9.59 Å². The van der Waals surface area contributed by atoms with Gasteiger partial charge in [0.15, 0.2) is 0 Å². The summed E-state index contributed by atoms with van der Waals surface area (Å²) < 4.78 is 0. The number of amides is 2. The zero-order chi connectivity index (χ0) is 19.3. The number of hydrogen-bond donors (Lipinski definition) is 3. The molecule has 1 atom stereocenters. The van der Waals surface area contributed by atoms with Crippen LogP contribution in [-0.2, 0) is 22.4 Å². The highest BCUT2D eigenvalue weighted by Crippen LogP contribution is 2.33. The van der Waals surface area contributed by atoms with Crippen LogP contribution in [0.4, 0.5) is 5.69 Å². The maximum atomic E-state index is 12.4. The van der Waals surface area contributed by atoms with Crippen LogP contribution in [0.2, 0.25) is 0 Å². The van der Waals surface area contributed by atoms with Crippen LogP contribution in [0.25, 0.3) is 0 Å². The summed E-state index contributed by atoms with van der Waals surface area (Å²) in [6.07, 6.45) is 4.07. The van der Waals surface area contributed by atoms with Crippen molar-refractivity contribution in [2.75, 3.05) is 5.32 Å². The van der Waals surface area contributed by atoms with Gasteiger partial charge in [0.05, 0.1) is 11.9 Å². The molecule has 3 aromatic rings. The van der Waals surface area contributed by atoms with Crippen molar-refractivity contribution in [3.8, 4) is 0 Å². The van der Waals surface area contributed by atoms with Crippen molar-refractivity contribution in [1.82, 2.24) is 15.5 Å². The van der Waals surface area contributed by atoms with Crippen molar-refractivity contribution >= 4 is 29.3 Å². The van der Waals surface area contributed by atoms with E-state index < -0.39 is 11.8 Å². The minimum atomic E-state index is -0.654. The highest BCUT2D eigenvalue weighted by Gasteiger charge is 2.24. The second kappa shape index (κ2) is 8.31. The third-order valence-corrected chi connectivity index (χ3v) is 5.75. The molecule has 0 fully saturated rings. The van der Waals surface area contributed by atoms with Gasteiger partial charge in [-0.05, 0) is 49.1 Å². The van der Waals surface area contributed by atoms with Gasteiger partial charge in [-0.1, -0.05) is 42.1 Å². The molecule has 6 nitrogen and oxygen atoms in total. The number of H-pyrrole nitrogens is 1. The van der Waals surface area contributed by atoms with E-state index >= 15 is 0 Å². The quantitative estimate of drug-likeness (QED) is 0.595. The molecular formula is C21H20N4O2S. The fourth-order valence-corrected chi connectivity index (χ4v) is 4.17. The van der Waals surface area contributed by atoms with Crippen LogP contribution in [0, 0.1) is 0 Å². The lowest BCUT2D eigenvalue weighted by Crippen LogP contribution is -2.44. The highest BCUT2D eigenvalue weighted by atomic mass is 32.2. The van der Waals surface area contributed by atoms with Crippen molar-refractivity contribution < 1.29 is 9.59 Å². The normalized spacial score (nSPS) is 15.5. The van der Waals surface area contributed by atoms with Crippen LogP contribution in [0.3, 0.4) is 0 Å². The Kier molecular flexibility index (Phi) is 5.43. The third-order valence-electron chi connectivity index (χ3n) is 4.66. The molecule has 142 valence electrons. The predicted molar refractivity (Wildman–Crippen MR) is 108 cm³/mol. The molecule has 0 saturated carbocycles. The van der Waals surface area contributed by atoms with E-state index in [2.05, 4.69) is 20.8 Å². The lowest BCUT2D eigenvalue weighted by Gasteiger charge is -2.22. The van der Waals surface area contributed by atoms with Crippen molar-refractivity contribution in [1.29, 1.82) is 0 Å². The number of rotatable bonds is 4. The van der Waals surface area contributed by atoms with E-state index in [4.69, 9.17) is 0 Å². The fourth-order valence-electron chi connectivity index (χ4n) is 3.24. The molecule has 2 amide bonds. The molecule has 4 rings (SSSR count). The van der Waals surface area contributed by atoms with Crippen LogP contribution in [-0.4, -0.2) is 28.1 Å². The molecule has 0 spiro atoms. The number of nitrogens with one attached hydrogen (secondary N) is 3. The average Bonchev–Trinajstić information content (AvgIpc) is 3.18. The molecule has 1 heterocycles. The van der Waals surface area contributed by atoms with E-state index in [0.717, 1.165) is 33.9 Å². The molecule has 0 radical (unpaired) electrons. The predicted octanol–water partition coefficient (Wildman–Crippen LogP) is 3.17. The number of aryl methyl sites for hydroxylation is 1. The molecule has 3 N–H and O–H groups in total. The highest BCUT2D eigenvalue weighted by molar-refractivity contribution is 7.99. The number of carbonyl (C=O) groups is 2. The van der Waals surface area contributed by atoms with Gasteiger partial charge in [-0.3, -0.25) is 14.7 Å². The summed E-state index contributed by atoms with van der Waals surface area (Å²) in [6, 6.07) is 17.3. The molecule has 28 heavy (non-hydrogen) atoms. The number of hydrogen-bond acceptors (Lipinski definition) is 4. The zero-order valence-electron chi connectivity index (χ0n) is 15.1. The topological polar surface area (TPSA) is 86.9 Å². The second-order valence-corrected chi connectivity index (χ2v) is 7.77. The summed E-state index contributed by atoms with van der Waals surface area (Å²) in [5.74, 6) is -1.27. The van der Waals surface area contributed by atoms with Gasteiger partial charge in [0.1, 0.15) is 0 Å². The Morgan fingerprint density at radius 3 is 2.68 bits per heavy atom. The van der Waals surface area contributed by atoms with Crippen LogP contribution < -0.4 is 10.6 Å². The molecule has 7 heteroatoms. The van der Waals surface area contributed by atoms with E-state index in [1.807, 2.05) is 48.5 Å². The van der Waals surface area contributed by atoms with Gasteiger partial charge >= 0.3 is 11.8 Å². The van der Waals surface area contributed by atoms with Gasteiger partial charge in [-0.25, -0.2) is 0 Å². The minimum absolute atomic E-state index is 0.0581. The number of fused-ring (bicyclic) bond motifs is 1. The summed E-state index contributed by atoms with van der Waals surface area (Å²) in [7, 11) is 0. The van der Waals surface area contributed by atoms with E-state index in [0.29, 0.717) is 12.1 Å². The first kappa shape index (κ1) is 18.3. The van der Waals surface area contributed by atoms with Gasteiger partial charge in [0.2, 0.25) is 0 Å². The molecular weight excluding hydrogens is 372 g/mol. The molecule has 1 unspecified atom stereocenters. The monoisotopic (exact) mass is 392 g/mol. The molecule has 1 aliphatic carbocycles. The van der Waals surface area contributed by atoms with E-state index in [-0.39, 0.29) is 6.04 Å². The number of para-hydroxylation sites is 1. The molecule has 2 aromatic carbocycles. The molecule has 0 saturated heterocycles. The van der Waals surface area contributed by atoms with Gasteiger partial charge in [-0.15, -0.1) is 0 Å². The van der Waals surface area contributed by atoms with Crippen LogP contribution in [0.1, 0.15) is 17.7 Å². The summed E-state index contributed by atoms with van der Waals surface area (Å²) in [5, 5.41) is 12.6. The Bertz CT molecular complexity index is 987. The first-order chi connectivity index (χ1) is 13.7. The van der Waals surface area contributed by atoms with Crippen molar-refractivity contribution in [3.63, 3.8) is 0 Å². The Morgan fingerprint density at radius 2 is 1.82 bits per heavy atom. The Labute approximate surface area is 167 Å². The van der Waals surface area contributed by atoms with Crippen molar-refractivity contribution in [2.45, 2.75) is 35.1 Å². The van der Waals surface area contributed by atoms with Gasteiger partial charge in [0, 0.05) is 21.5 Å². The van der Waals surface area contributed by atoms with Crippen LogP contribution in [0.5, 0.6) is 0 Å². The van der Waals surface area contributed by atoms with Gasteiger partial charge < -0.3 is 10.6 Å². The van der Waals surface area contributed by atoms with Gasteiger partial charge in [-0.2, -0.15) is 5.10 Å². The maximum absolute atomic E-state index is 12.4. The summed E-state index contributed by atoms with van der Waals surface area (Å²) in [5.41, 5.74) is 2.83. The van der Waals surface area contributed by atoms with E-state index in [1.54, 1.807) is 24.0 Å².